The van der Waals surface area contributed by atoms with E-state index in [0.717, 1.165) is 18.7 Å². The first-order chi connectivity index (χ1) is 6.20. The average Bonchev–Trinajstić information content (AvgIpc) is 2.11. The van der Waals surface area contributed by atoms with Crippen LogP contribution in [-0.4, -0.2) is 49.8 Å². The van der Waals surface area contributed by atoms with Gasteiger partial charge in [-0.15, -0.1) is 0 Å². The summed E-state index contributed by atoms with van der Waals surface area (Å²) in [5, 5.41) is 3.16. The minimum atomic E-state index is -0.686. The minimum Gasteiger partial charge on any atom is -0.355 e. The lowest BCUT2D eigenvalue weighted by molar-refractivity contribution is -0.0986. The van der Waals surface area contributed by atoms with E-state index < -0.39 is 10.8 Å². The largest absolute Gasteiger partial charge is 0.355 e. The van der Waals surface area contributed by atoms with Crippen LogP contribution in [0.25, 0.3) is 0 Å². The Morgan fingerprint density at radius 2 is 2.00 bits per heavy atom. The Balaban J connectivity index is 3.19. The molecule has 0 radical (unpaired) electrons. The first-order valence-electron chi connectivity index (χ1n) is 4.27. The molecule has 1 unspecified atom stereocenters. The van der Waals surface area contributed by atoms with Gasteiger partial charge in [0.05, 0.1) is 0 Å². The lowest BCUT2D eigenvalue weighted by Crippen LogP contribution is -2.30. The highest BCUT2D eigenvalue weighted by Crippen LogP contribution is 1.88. The van der Waals surface area contributed by atoms with Crippen LogP contribution in [0.1, 0.15) is 6.42 Å². The maximum atomic E-state index is 10.7. The highest BCUT2D eigenvalue weighted by atomic mass is 32.2. The van der Waals surface area contributed by atoms with Gasteiger partial charge in [0.2, 0.25) is 0 Å². The normalized spacial score (nSPS) is 13.5. The second-order valence-electron chi connectivity index (χ2n) is 2.74. The zero-order valence-electron chi connectivity index (χ0n) is 8.54. The Kier molecular flexibility index (Phi) is 8.64. The Bertz CT molecular complexity index is 139. The molecule has 0 aromatic rings. The molecule has 0 aliphatic heterocycles. The standard InChI is InChI=1S/C8H19NO3S/c1-11-8(12-2)7-9-5-4-6-13(3)10/h8-9H,4-7H2,1-3H3. The summed E-state index contributed by atoms with van der Waals surface area (Å²) < 4.78 is 20.7. The summed E-state index contributed by atoms with van der Waals surface area (Å²) in [5.74, 6) is 0.748. The maximum Gasteiger partial charge on any atom is 0.169 e. The van der Waals surface area contributed by atoms with Crippen molar-refractivity contribution < 1.29 is 13.7 Å². The Morgan fingerprint density at radius 3 is 2.46 bits per heavy atom. The summed E-state index contributed by atoms with van der Waals surface area (Å²) >= 11 is 0. The molecular formula is C8H19NO3S. The number of nitrogens with one attached hydrogen (secondary N) is 1. The molecule has 0 fully saturated rings. The van der Waals surface area contributed by atoms with Gasteiger partial charge in [0, 0.05) is 43.6 Å². The monoisotopic (exact) mass is 209 g/mol. The molecule has 1 N–H and O–H groups in total. The minimum absolute atomic E-state index is 0.188. The van der Waals surface area contributed by atoms with Crippen LogP contribution in [0.3, 0.4) is 0 Å². The fourth-order valence-corrected chi connectivity index (χ4v) is 1.43. The third kappa shape index (κ3) is 8.36. The third-order valence-corrected chi connectivity index (χ3v) is 2.49. The van der Waals surface area contributed by atoms with E-state index in [0.29, 0.717) is 6.54 Å². The van der Waals surface area contributed by atoms with Crippen molar-refractivity contribution in [1.29, 1.82) is 0 Å². The molecule has 0 rings (SSSR count). The number of ether oxygens (including phenoxy) is 2. The summed E-state index contributed by atoms with van der Waals surface area (Å²) in [6, 6.07) is 0. The number of hydrogen-bond donors (Lipinski definition) is 1. The molecular weight excluding hydrogens is 190 g/mol. The quantitative estimate of drug-likeness (QED) is 0.450. The number of methoxy groups -OCH3 is 2. The van der Waals surface area contributed by atoms with Crippen molar-refractivity contribution in [2.24, 2.45) is 0 Å². The molecule has 0 aromatic heterocycles. The van der Waals surface area contributed by atoms with Crippen molar-refractivity contribution in [3.8, 4) is 0 Å². The molecule has 4 nitrogen and oxygen atoms in total. The van der Waals surface area contributed by atoms with E-state index in [4.69, 9.17) is 9.47 Å². The molecule has 0 aliphatic carbocycles. The topological polar surface area (TPSA) is 47.6 Å². The second-order valence-corrected chi connectivity index (χ2v) is 4.29. The van der Waals surface area contributed by atoms with E-state index in [1.54, 1.807) is 20.5 Å². The molecule has 5 heteroatoms. The fourth-order valence-electron chi connectivity index (χ4n) is 0.883. The molecule has 13 heavy (non-hydrogen) atoms. The van der Waals surface area contributed by atoms with Crippen LogP contribution in [0.5, 0.6) is 0 Å². The van der Waals surface area contributed by atoms with Gasteiger partial charge in [-0.1, -0.05) is 0 Å². The van der Waals surface area contributed by atoms with Gasteiger partial charge in [-0.25, -0.2) is 0 Å². The first kappa shape index (κ1) is 13.0. The zero-order chi connectivity index (χ0) is 10.1. The van der Waals surface area contributed by atoms with Gasteiger partial charge in [0.25, 0.3) is 0 Å². The van der Waals surface area contributed by atoms with Crippen LogP contribution in [0.4, 0.5) is 0 Å². The van der Waals surface area contributed by atoms with Gasteiger partial charge >= 0.3 is 0 Å². The number of rotatable bonds is 8. The molecule has 0 aromatic carbocycles. The SMILES string of the molecule is COC(CNCCCS(C)=O)OC. The summed E-state index contributed by atoms with van der Waals surface area (Å²) in [6.07, 6.45) is 2.45. The molecule has 80 valence electrons. The van der Waals surface area contributed by atoms with E-state index in [1.807, 2.05) is 0 Å². The molecule has 0 spiro atoms. The van der Waals surface area contributed by atoms with Gasteiger partial charge in [-0.05, 0) is 13.0 Å². The van der Waals surface area contributed by atoms with Crippen molar-refractivity contribution in [3.63, 3.8) is 0 Å². The predicted octanol–water partition coefficient (Wildman–Crippen LogP) is -0.0365. The van der Waals surface area contributed by atoms with Crippen molar-refractivity contribution >= 4 is 10.8 Å². The van der Waals surface area contributed by atoms with Crippen LogP contribution < -0.4 is 5.32 Å². The van der Waals surface area contributed by atoms with Crippen LogP contribution in [0, 0.1) is 0 Å². The van der Waals surface area contributed by atoms with Crippen molar-refractivity contribution in [2.75, 3.05) is 39.3 Å². The highest BCUT2D eigenvalue weighted by Gasteiger charge is 2.02. The van der Waals surface area contributed by atoms with Crippen LogP contribution in [0.2, 0.25) is 0 Å². The molecule has 1 atom stereocenters. The van der Waals surface area contributed by atoms with Gasteiger partial charge in [0.1, 0.15) is 0 Å². The second kappa shape index (κ2) is 8.62. The van der Waals surface area contributed by atoms with Crippen molar-refractivity contribution in [2.45, 2.75) is 12.7 Å². The smallest absolute Gasteiger partial charge is 0.169 e. The van der Waals surface area contributed by atoms with Crippen molar-refractivity contribution in [1.82, 2.24) is 5.32 Å². The van der Waals surface area contributed by atoms with Crippen LogP contribution >= 0.6 is 0 Å². The molecule has 0 heterocycles. The van der Waals surface area contributed by atoms with Crippen LogP contribution in [0.15, 0.2) is 0 Å². The van der Waals surface area contributed by atoms with Gasteiger partial charge in [-0.2, -0.15) is 0 Å². The lowest BCUT2D eigenvalue weighted by atomic mass is 10.4. The van der Waals surface area contributed by atoms with E-state index in [1.165, 1.54) is 0 Å². The molecule has 0 saturated heterocycles. The number of hydrogen-bond acceptors (Lipinski definition) is 4. The van der Waals surface area contributed by atoms with Gasteiger partial charge < -0.3 is 14.8 Å². The highest BCUT2D eigenvalue weighted by molar-refractivity contribution is 7.84. The summed E-state index contributed by atoms with van der Waals surface area (Å²) in [5.41, 5.74) is 0. The zero-order valence-corrected chi connectivity index (χ0v) is 9.36. The Hall–Kier alpha value is 0.0300. The van der Waals surface area contributed by atoms with Gasteiger partial charge in [0.15, 0.2) is 6.29 Å². The van der Waals surface area contributed by atoms with E-state index in [2.05, 4.69) is 5.32 Å². The Labute approximate surface area is 82.4 Å². The van der Waals surface area contributed by atoms with Crippen LogP contribution in [-0.2, 0) is 20.3 Å². The van der Waals surface area contributed by atoms with E-state index in [9.17, 15) is 4.21 Å². The molecule has 0 aliphatic rings. The van der Waals surface area contributed by atoms with E-state index >= 15 is 0 Å². The molecule has 0 saturated carbocycles. The molecule has 0 bridgehead atoms. The third-order valence-electron chi connectivity index (χ3n) is 1.62. The first-order valence-corrected chi connectivity index (χ1v) is 5.99. The average molecular weight is 209 g/mol. The molecule has 0 amide bonds. The maximum absolute atomic E-state index is 10.7. The predicted molar refractivity (Wildman–Crippen MR) is 54.2 cm³/mol. The fraction of sp³-hybridized carbons (Fsp3) is 1.00. The van der Waals surface area contributed by atoms with Crippen molar-refractivity contribution in [3.05, 3.63) is 0 Å². The Morgan fingerprint density at radius 1 is 1.38 bits per heavy atom. The summed E-state index contributed by atoms with van der Waals surface area (Å²) in [4.78, 5) is 0. The van der Waals surface area contributed by atoms with E-state index in [-0.39, 0.29) is 6.29 Å². The summed E-state index contributed by atoms with van der Waals surface area (Å²) in [6.45, 7) is 1.52. The lowest BCUT2D eigenvalue weighted by Gasteiger charge is -2.13. The van der Waals surface area contributed by atoms with Gasteiger partial charge in [-0.3, -0.25) is 4.21 Å². The summed E-state index contributed by atoms with van der Waals surface area (Å²) in [7, 11) is 2.53.